The van der Waals surface area contributed by atoms with Crippen molar-refractivity contribution in [1.29, 1.82) is 0 Å². The summed E-state index contributed by atoms with van der Waals surface area (Å²) in [7, 11) is 0. The van der Waals surface area contributed by atoms with Crippen molar-refractivity contribution in [2.45, 2.75) is 0 Å². The Bertz CT molecular complexity index is 581. The molecule has 0 aliphatic heterocycles. The number of carbonyl (C=O) groups is 1. The predicted molar refractivity (Wildman–Crippen MR) is 71.1 cm³/mol. The van der Waals surface area contributed by atoms with Gasteiger partial charge in [-0.15, -0.1) is 0 Å². The monoisotopic (exact) mass is 237 g/mol. The van der Waals surface area contributed by atoms with Crippen molar-refractivity contribution in [3.05, 3.63) is 70.7 Å². The fourth-order valence-corrected chi connectivity index (χ4v) is 1.67. The molecule has 0 amide bonds. The van der Waals surface area contributed by atoms with Crippen molar-refractivity contribution >= 4 is 17.5 Å². The Balaban J connectivity index is 2.18. The van der Waals surface area contributed by atoms with Crippen molar-refractivity contribution in [3.63, 3.8) is 0 Å². The van der Waals surface area contributed by atoms with Crippen LogP contribution in [0.5, 0.6) is 0 Å². The first-order valence-corrected chi connectivity index (χ1v) is 5.52. The number of carbonyl (C=O) groups excluding carboxylic acids is 1. The van der Waals surface area contributed by atoms with Crippen LogP contribution in [0.25, 0.3) is 16.5 Å². The number of ketones is 1. The summed E-state index contributed by atoms with van der Waals surface area (Å²) in [6.07, 6.45) is 10.6. The molecule has 0 unspecified atom stereocenters. The lowest BCUT2D eigenvalue weighted by Crippen LogP contribution is -2.03. The standard InChI is InChI=1S/C14H11N3O/c15-17-16-13-8-4-3-5-11(13)9-10-14(18)12-6-1-2-7-12/h1-10,12H/b10-9+. The normalized spacial score (nSPS) is 14.0. The molecule has 0 heterocycles. The molecule has 2 rings (SSSR count). The van der Waals surface area contributed by atoms with Crippen LogP contribution < -0.4 is 0 Å². The van der Waals surface area contributed by atoms with Crippen LogP contribution in [-0.4, -0.2) is 5.78 Å². The number of nitrogens with zero attached hydrogens (tertiary/aromatic N) is 3. The summed E-state index contributed by atoms with van der Waals surface area (Å²) in [5.74, 6) is -0.163. The molecule has 1 aliphatic carbocycles. The molecule has 18 heavy (non-hydrogen) atoms. The first kappa shape index (κ1) is 11.9. The van der Waals surface area contributed by atoms with Crippen LogP contribution in [0.2, 0.25) is 0 Å². The molecule has 88 valence electrons. The maximum atomic E-state index is 11.8. The van der Waals surface area contributed by atoms with E-state index in [9.17, 15) is 4.79 Å². The maximum Gasteiger partial charge on any atom is 0.166 e. The van der Waals surface area contributed by atoms with E-state index in [0.717, 1.165) is 5.56 Å². The average molecular weight is 237 g/mol. The van der Waals surface area contributed by atoms with Gasteiger partial charge in [0.05, 0.1) is 5.92 Å². The van der Waals surface area contributed by atoms with E-state index >= 15 is 0 Å². The Hall–Kier alpha value is -2.58. The Morgan fingerprint density at radius 2 is 2.00 bits per heavy atom. The summed E-state index contributed by atoms with van der Waals surface area (Å²) in [5, 5.41) is 3.57. The molecule has 1 aliphatic rings. The minimum absolute atomic E-state index is 0.00994. The van der Waals surface area contributed by atoms with Gasteiger partial charge in [0.15, 0.2) is 5.78 Å². The van der Waals surface area contributed by atoms with Gasteiger partial charge in [0.25, 0.3) is 0 Å². The first-order valence-electron chi connectivity index (χ1n) is 5.52. The molecule has 4 nitrogen and oxygen atoms in total. The highest BCUT2D eigenvalue weighted by atomic mass is 16.1. The third-order valence-electron chi connectivity index (χ3n) is 2.59. The number of hydrogen-bond donors (Lipinski definition) is 0. The van der Waals surface area contributed by atoms with Crippen molar-refractivity contribution < 1.29 is 4.79 Å². The van der Waals surface area contributed by atoms with Gasteiger partial charge in [-0.1, -0.05) is 59.8 Å². The van der Waals surface area contributed by atoms with Crippen LogP contribution in [0.1, 0.15) is 5.56 Å². The van der Waals surface area contributed by atoms with E-state index in [1.54, 1.807) is 24.3 Å². The SMILES string of the molecule is [N-]=[N+]=Nc1ccccc1/C=C/C(=O)C1C=CC=C1. The highest BCUT2D eigenvalue weighted by Gasteiger charge is 2.10. The molecule has 0 fully saturated rings. The molecule has 0 saturated heterocycles. The fourth-order valence-electron chi connectivity index (χ4n) is 1.67. The van der Waals surface area contributed by atoms with E-state index < -0.39 is 0 Å². The lowest BCUT2D eigenvalue weighted by atomic mass is 10.0. The summed E-state index contributed by atoms with van der Waals surface area (Å²) >= 11 is 0. The van der Waals surface area contributed by atoms with Crippen LogP contribution in [0.15, 0.2) is 59.8 Å². The third kappa shape index (κ3) is 2.75. The van der Waals surface area contributed by atoms with Gasteiger partial charge in [0, 0.05) is 10.6 Å². The molecule has 0 spiro atoms. The zero-order valence-electron chi connectivity index (χ0n) is 9.60. The zero-order chi connectivity index (χ0) is 12.8. The smallest absolute Gasteiger partial charge is 0.166 e. The second kappa shape index (κ2) is 5.66. The lowest BCUT2D eigenvalue weighted by Gasteiger charge is -2.00. The summed E-state index contributed by atoms with van der Waals surface area (Å²) in [6, 6.07) is 7.12. The average Bonchev–Trinajstić information content (AvgIpc) is 2.92. The molecule has 1 aromatic rings. The minimum Gasteiger partial charge on any atom is -0.294 e. The Morgan fingerprint density at radius 3 is 2.72 bits per heavy atom. The molecule has 0 saturated carbocycles. The van der Waals surface area contributed by atoms with Crippen molar-refractivity contribution in [2.75, 3.05) is 0 Å². The number of benzene rings is 1. The van der Waals surface area contributed by atoms with E-state index in [1.165, 1.54) is 6.08 Å². The topological polar surface area (TPSA) is 65.8 Å². The number of hydrogen-bond acceptors (Lipinski definition) is 2. The Morgan fingerprint density at radius 1 is 1.28 bits per heavy atom. The largest absolute Gasteiger partial charge is 0.294 e. The van der Waals surface area contributed by atoms with Gasteiger partial charge in [-0.3, -0.25) is 4.79 Å². The van der Waals surface area contributed by atoms with Gasteiger partial charge in [-0.2, -0.15) is 0 Å². The highest BCUT2D eigenvalue weighted by molar-refractivity contribution is 5.98. The number of rotatable bonds is 4. The van der Waals surface area contributed by atoms with E-state index in [1.807, 2.05) is 30.4 Å². The van der Waals surface area contributed by atoms with E-state index in [4.69, 9.17) is 5.53 Å². The molecule has 0 aromatic heterocycles. The van der Waals surface area contributed by atoms with Crippen LogP contribution in [-0.2, 0) is 4.79 Å². The van der Waals surface area contributed by atoms with Gasteiger partial charge < -0.3 is 0 Å². The van der Waals surface area contributed by atoms with Crippen molar-refractivity contribution in [3.8, 4) is 0 Å². The van der Waals surface area contributed by atoms with Crippen molar-refractivity contribution in [2.24, 2.45) is 11.0 Å². The van der Waals surface area contributed by atoms with Crippen LogP contribution in [0.3, 0.4) is 0 Å². The third-order valence-corrected chi connectivity index (χ3v) is 2.59. The van der Waals surface area contributed by atoms with E-state index in [-0.39, 0.29) is 11.7 Å². The van der Waals surface area contributed by atoms with Gasteiger partial charge in [-0.25, -0.2) is 0 Å². The fraction of sp³-hybridized carbons (Fsp3) is 0.0714. The lowest BCUT2D eigenvalue weighted by molar-refractivity contribution is -0.115. The van der Waals surface area contributed by atoms with Crippen LogP contribution >= 0.6 is 0 Å². The minimum atomic E-state index is -0.173. The molecule has 0 radical (unpaired) electrons. The molecular formula is C14H11N3O. The second-order valence-corrected chi connectivity index (χ2v) is 3.78. The van der Waals surface area contributed by atoms with Gasteiger partial charge >= 0.3 is 0 Å². The van der Waals surface area contributed by atoms with Gasteiger partial charge in [0.2, 0.25) is 0 Å². The van der Waals surface area contributed by atoms with Gasteiger partial charge in [-0.05, 0) is 17.2 Å². The summed E-state index contributed by atoms with van der Waals surface area (Å²) < 4.78 is 0. The highest BCUT2D eigenvalue weighted by Crippen LogP contribution is 2.21. The van der Waals surface area contributed by atoms with Crippen molar-refractivity contribution in [1.82, 2.24) is 0 Å². The quantitative estimate of drug-likeness (QED) is 0.338. The summed E-state index contributed by atoms with van der Waals surface area (Å²) in [5.41, 5.74) is 9.69. The maximum absolute atomic E-state index is 11.8. The Labute approximate surface area is 105 Å². The first-order chi connectivity index (χ1) is 8.81. The van der Waals surface area contributed by atoms with Gasteiger partial charge in [0.1, 0.15) is 0 Å². The zero-order valence-corrected chi connectivity index (χ0v) is 9.60. The molecule has 4 heteroatoms. The summed E-state index contributed by atoms with van der Waals surface area (Å²) in [6.45, 7) is 0. The van der Waals surface area contributed by atoms with Crippen LogP contribution in [0.4, 0.5) is 5.69 Å². The molecule has 1 aromatic carbocycles. The molecule has 0 N–H and O–H groups in total. The number of allylic oxidation sites excluding steroid dienone is 5. The predicted octanol–water partition coefficient (Wildman–Crippen LogP) is 3.95. The van der Waals surface area contributed by atoms with E-state index in [0.29, 0.717) is 5.69 Å². The number of azide groups is 1. The van der Waals surface area contributed by atoms with Crippen LogP contribution in [0, 0.1) is 5.92 Å². The molecular weight excluding hydrogens is 226 g/mol. The Kier molecular flexibility index (Phi) is 3.74. The summed E-state index contributed by atoms with van der Waals surface area (Å²) in [4.78, 5) is 14.6. The molecule has 0 bridgehead atoms. The second-order valence-electron chi connectivity index (χ2n) is 3.78. The van der Waals surface area contributed by atoms with E-state index in [2.05, 4.69) is 10.0 Å². The molecule has 0 atom stereocenters.